The molecule has 4 bridgehead atoms. The lowest BCUT2D eigenvalue weighted by Gasteiger charge is -2.26. The van der Waals surface area contributed by atoms with Crippen LogP contribution in [0.25, 0.3) is 0 Å². The number of carboxylic acids is 4. The third-order valence-corrected chi connectivity index (χ3v) is 18.9. The highest BCUT2D eigenvalue weighted by molar-refractivity contribution is 5.85. The molecule has 0 amide bonds. The third-order valence-electron chi connectivity index (χ3n) is 18.9. The van der Waals surface area contributed by atoms with Crippen molar-refractivity contribution in [1.29, 1.82) is 0 Å². The zero-order chi connectivity index (χ0) is 66.1. The maximum atomic E-state index is 12.2. The molecule has 6 saturated carbocycles. The van der Waals surface area contributed by atoms with Gasteiger partial charge in [-0.2, -0.15) is 0 Å². The lowest BCUT2D eigenvalue weighted by Crippen LogP contribution is -2.36. The minimum absolute atomic E-state index is 0.00153. The normalized spacial score (nSPS) is 26.4. The van der Waals surface area contributed by atoms with Gasteiger partial charge in [-0.15, -0.1) is 0 Å². The smallest absolute Gasteiger partial charge is 0.311 e. The molecule has 88 heavy (non-hydrogen) atoms. The van der Waals surface area contributed by atoms with Gasteiger partial charge in [-0.05, 0) is 141 Å². The van der Waals surface area contributed by atoms with Gasteiger partial charge in [0.25, 0.3) is 0 Å². The molecule has 14 atom stereocenters. The molecule has 0 aromatic rings. The summed E-state index contributed by atoms with van der Waals surface area (Å²) in [7, 11) is 0. The molecule has 0 saturated heterocycles. The molecule has 0 aliphatic heterocycles. The summed E-state index contributed by atoms with van der Waals surface area (Å²) < 4.78 is 40.6. The van der Waals surface area contributed by atoms with E-state index in [1.807, 2.05) is 27.7 Å². The summed E-state index contributed by atoms with van der Waals surface area (Å²) in [4.78, 5) is 140. The highest BCUT2D eigenvalue weighted by Crippen LogP contribution is 2.54. The molecule has 0 spiro atoms. The Kier molecular flexibility index (Phi) is 31.9. The number of hydrogen-bond acceptors (Lipinski definition) is 20. The molecule has 6 aliphatic rings. The van der Waals surface area contributed by atoms with Crippen molar-refractivity contribution in [2.45, 2.75) is 185 Å². The average molecular weight is 1250 g/mol. The van der Waals surface area contributed by atoms with Gasteiger partial charge in [-0.25, -0.2) is 0 Å². The average Bonchev–Trinajstić information content (AvgIpc) is 2.83. The Labute approximate surface area is 517 Å². The fourth-order valence-electron chi connectivity index (χ4n) is 12.2. The monoisotopic (exact) mass is 1250 g/mol. The molecule has 24 nitrogen and oxygen atoms in total. The van der Waals surface area contributed by atoms with E-state index in [1.165, 1.54) is 0 Å². The minimum atomic E-state index is -0.947. The van der Waals surface area contributed by atoms with Crippen LogP contribution < -0.4 is 0 Å². The number of aliphatic carboxylic acids is 4. The van der Waals surface area contributed by atoms with Gasteiger partial charge >= 0.3 is 71.6 Å². The summed E-state index contributed by atoms with van der Waals surface area (Å²) >= 11 is 0. The SMILES string of the molecule is CCC(C)(C)C(=O)OCCOC(=O)C1C2CCC(C2)C1C(=O)O.CCC(C)(C)C(=O)OCCOC(=O)C1CCCCC1C(=O)O.CCC(C)C(=O)OCCOC(=O)C1C2CCC(C2)C1C(=O)O.CCC(C)C(=O)OCCOC(=O)C1CCCCC1C(=O)O. The van der Waals surface area contributed by atoms with E-state index in [0.29, 0.717) is 51.4 Å². The van der Waals surface area contributed by atoms with Crippen LogP contribution in [0.5, 0.6) is 0 Å². The second-order valence-electron chi connectivity index (χ2n) is 25.5. The van der Waals surface area contributed by atoms with Crippen LogP contribution in [0.3, 0.4) is 0 Å². The number of hydrogen-bond donors (Lipinski definition) is 4. The third kappa shape index (κ3) is 22.6. The standard InChI is InChI=1S/C17H26O6.C16H24O6.C16H26O6.C15H24O6/c1-4-17(2,3)16(21)23-8-7-22-15(20)13-11-6-5-10(9-11)12(13)14(18)19;1-3-9(2)15(19)21-6-7-22-16(20)13-11-5-4-10(8-11)12(13)14(17)18;1-4-16(2,3)15(20)22-10-9-21-14(19)12-8-6-5-7-11(12)13(17)18;1-3-10(2)14(18)20-8-9-21-15(19)12-7-5-4-6-11(12)13(16)17/h10-13H,4-9H2,1-3H3,(H,18,19);9-13H,3-8H2,1-2H3,(H,17,18);11-12H,4-10H2,1-3H3,(H,17,18);10-12H,3-9H2,1-2H3,(H,16,17). The number of esters is 8. The van der Waals surface area contributed by atoms with Gasteiger partial charge < -0.3 is 58.3 Å². The molecule has 6 rings (SSSR count). The van der Waals surface area contributed by atoms with E-state index in [1.54, 1.807) is 41.5 Å². The number of carbonyl (C=O) groups excluding carboxylic acids is 8. The van der Waals surface area contributed by atoms with Crippen molar-refractivity contribution in [2.24, 2.45) is 93.7 Å². The molecule has 0 aromatic heterocycles. The Balaban J connectivity index is 0.000000307. The van der Waals surface area contributed by atoms with Gasteiger partial charge in [0.05, 0.1) is 70.0 Å². The van der Waals surface area contributed by atoms with E-state index in [-0.39, 0.29) is 112 Å². The number of carboxylic acid groups (broad SMARTS) is 4. The molecule has 6 aliphatic carbocycles. The highest BCUT2D eigenvalue weighted by atomic mass is 16.6. The number of carbonyl (C=O) groups is 12. The van der Waals surface area contributed by atoms with Crippen LogP contribution >= 0.6 is 0 Å². The van der Waals surface area contributed by atoms with E-state index in [4.69, 9.17) is 48.1 Å². The zero-order valence-corrected chi connectivity index (χ0v) is 53.4. The van der Waals surface area contributed by atoms with Gasteiger partial charge in [-0.3, -0.25) is 57.5 Å². The zero-order valence-electron chi connectivity index (χ0n) is 53.4. The fraction of sp³-hybridized carbons (Fsp3) is 0.812. The molecule has 0 radical (unpaired) electrons. The van der Waals surface area contributed by atoms with Crippen LogP contribution in [0.15, 0.2) is 0 Å². The number of rotatable bonds is 28. The van der Waals surface area contributed by atoms with Crippen molar-refractivity contribution >= 4 is 71.6 Å². The molecule has 500 valence electrons. The summed E-state index contributed by atoms with van der Waals surface area (Å²) in [6.07, 6.45) is 13.3. The van der Waals surface area contributed by atoms with Gasteiger partial charge in [-0.1, -0.05) is 67.2 Å². The Morgan fingerprint density at radius 3 is 0.886 bits per heavy atom. The number of ether oxygens (including phenoxy) is 8. The quantitative estimate of drug-likeness (QED) is 0.0324. The molecule has 0 heterocycles. The summed E-state index contributed by atoms with van der Waals surface area (Å²) in [5, 5.41) is 36.9. The summed E-state index contributed by atoms with van der Waals surface area (Å²) in [5.74, 6) is -11.6. The first-order valence-corrected chi connectivity index (χ1v) is 31.7. The Bertz CT molecular complexity index is 2360. The largest absolute Gasteiger partial charge is 0.481 e. The van der Waals surface area contributed by atoms with E-state index in [2.05, 4.69) is 0 Å². The predicted octanol–water partition coefficient (Wildman–Crippen LogP) is 8.53. The van der Waals surface area contributed by atoms with Crippen molar-refractivity contribution < 1.29 is 116 Å². The fourth-order valence-corrected chi connectivity index (χ4v) is 12.2. The Morgan fingerprint density at radius 1 is 0.352 bits per heavy atom. The van der Waals surface area contributed by atoms with Gasteiger partial charge in [0, 0.05) is 0 Å². The first-order valence-electron chi connectivity index (χ1n) is 31.7. The molecule has 6 fully saturated rings. The summed E-state index contributed by atoms with van der Waals surface area (Å²) in [6.45, 7) is 18.3. The van der Waals surface area contributed by atoms with E-state index < -0.39 is 106 Å². The summed E-state index contributed by atoms with van der Waals surface area (Å²) in [5.41, 5.74) is -1.11. The highest BCUT2D eigenvalue weighted by Gasteiger charge is 2.56. The first-order chi connectivity index (χ1) is 41.5. The van der Waals surface area contributed by atoms with Gasteiger partial charge in [0.15, 0.2) is 0 Å². The second kappa shape index (κ2) is 37.0. The van der Waals surface area contributed by atoms with Crippen LogP contribution in [-0.4, -0.2) is 145 Å². The molecular formula is C64H100O24. The Hall–Kier alpha value is -6.36. The van der Waals surface area contributed by atoms with E-state index >= 15 is 0 Å². The molecule has 24 heteroatoms. The molecular weight excluding hydrogens is 1150 g/mol. The van der Waals surface area contributed by atoms with Crippen LogP contribution in [-0.2, 0) is 95.4 Å². The second-order valence-corrected chi connectivity index (χ2v) is 25.5. The van der Waals surface area contributed by atoms with Gasteiger partial charge in [0.1, 0.15) is 52.9 Å². The van der Waals surface area contributed by atoms with E-state index in [9.17, 15) is 67.7 Å². The Morgan fingerprint density at radius 2 is 0.614 bits per heavy atom. The first kappa shape index (κ1) is 75.9. The van der Waals surface area contributed by atoms with Crippen molar-refractivity contribution in [3.05, 3.63) is 0 Å². The predicted molar refractivity (Wildman–Crippen MR) is 312 cm³/mol. The molecule has 4 N–H and O–H groups in total. The summed E-state index contributed by atoms with van der Waals surface area (Å²) in [6, 6.07) is 0. The topological polar surface area (TPSA) is 360 Å². The maximum Gasteiger partial charge on any atom is 0.311 e. The molecule has 14 unspecified atom stereocenters. The van der Waals surface area contributed by atoms with Crippen LogP contribution in [0.2, 0.25) is 0 Å². The van der Waals surface area contributed by atoms with Crippen molar-refractivity contribution in [2.75, 3.05) is 52.9 Å². The van der Waals surface area contributed by atoms with Crippen molar-refractivity contribution in [3.63, 3.8) is 0 Å². The minimum Gasteiger partial charge on any atom is -0.481 e. The van der Waals surface area contributed by atoms with Crippen LogP contribution in [0.4, 0.5) is 0 Å². The number of fused-ring (bicyclic) bond motifs is 4. The van der Waals surface area contributed by atoms with Crippen LogP contribution in [0, 0.1) is 93.7 Å². The molecule has 0 aromatic carbocycles. The van der Waals surface area contributed by atoms with Crippen LogP contribution in [0.1, 0.15) is 185 Å². The maximum absolute atomic E-state index is 12.2. The van der Waals surface area contributed by atoms with Crippen molar-refractivity contribution in [1.82, 2.24) is 0 Å². The van der Waals surface area contributed by atoms with Gasteiger partial charge in [0.2, 0.25) is 0 Å². The van der Waals surface area contributed by atoms with Crippen molar-refractivity contribution in [3.8, 4) is 0 Å². The van der Waals surface area contributed by atoms with E-state index in [0.717, 1.165) is 64.2 Å². The lowest BCUT2D eigenvalue weighted by molar-refractivity contribution is -0.165. The lowest BCUT2D eigenvalue weighted by atomic mass is 9.79.